The first-order chi connectivity index (χ1) is 11.6. The smallest absolute Gasteiger partial charge is 0.263 e. The highest BCUT2D eigenvalue weighted by atomic mass is 16.5. The van der Waals surface area contributed by atoms with E-state index in [-0.39, 0.29) is 18.4 Å². The summed E-state index contributed by atoms with van der Waals surface area (Å²) in [5.41, 5.74) is 2.52. The number of nitrogens with zero attached hydrogens (tertiary/aromatic N) is 2. The molecule has 0 bridgehead atoms. The van der Waals surface area contributed by atoms with Crippen molar-refractivity contribution in [3.63, 3.8) is 0 Å². The molecule has 1 aliphatic rings. The van der Waals surface area contributed by atoms with Crippen LogP contribution in [0.3, 0.4) is 0 Å². The quantitative estimate of drug-likeness (QED) is 0.880. The van der Waals surface area contributed by atoms with Crippen molar-refractivity contribution in [2.75, 3.05) is 17.2 Å². The van der Waals surface area contributed by atoms with Gasteiger partial charge in [0.25, 0.3) is 5.91 Å². The van der Waals surface area contributed by atoms with E-state index in [0.29, 0.717) is 36.6 Å². The topological polar surface area (TPSA) is 85.2 Å². The van der Waals surface area contributed by atoms with Gasteiger partial charge in [0, 0.05) is 19.0 Å². The Hall–Kier alpha value is -2.83. The van der Waals surface area contributed by atoms with Gasteiger partial charge in [0.1, 0.15) is 11.6 Å². The molecule has 24 heavy (non-hydrogen) atoms. The Morgan fingerprint density at radius 2 is 2.25 bits per heavy atom. The molecule has 126 valence electrons. The molecule has 3 rings (SSSR count). The van der Waals surface area contributed by atoms with Gasteiger partial charge in [-0.05, 0) is 31.9 Å². The zero-order valence-corrected chi connectivity index (χ0v) is 13.8. The molecule has 7 heteroatoms. The number of aromatic nitrogens is 2. The number of hydrogen-bond acceptors (Lipinski definition) is 4. The van der Waals surface area contributed by atoms with Crippen LogP contribution in [0.1, 0.15) is 24.6 Å². The molecule has 1 aromatic carbocycles. The molecule has 0 saturated carbocycles. The summed E-state index contributed by atoms with van der Waals surface area (Å²) in [6, 6.07) is 7.37. The Morgan fingerprint density at radius 1 is 1.42 bits per heavy atom. The van der Waals surface area contributed by atoms with E-state index in [1.54, 1.807) is 10.7 Å². The van der Waals surface area contributed by atoms with Gasteiger partial charge in [-0.3, -0.25) is 9.59 Å². The Labute approximate surface area is 140 Å². The molecule has 0 atom stereocenters. The number of ether oxygens (including phenoxy) is 1. The van der Waals surface area contributed by atoms with E-state index in [9.17, 15) is 9.59 Å². The van der Waals surface area contributed by atoms with Crippen molar-refractivity contribution < 1.29 is 14.3 Å². The summed E-state index contributed by atoms with van der Waals surface area (Å²) >= 11 is 0. The Morgan fingerprint density at radius 3 is 3.04 bits per heavy atom. The normalized spacial score (nSPS) is 13.2. The predicted octanol–water partition coefficient (Wildman–Crippen LogP) is 2.11. The van der Waals surface area contributed by atoms with Crippen LogP contribution in [-0.2, 0) is 22.6 Å². The van der Waals surface area contributed by atoms with Gasteiger partial charge < -0.3 is 15.4 Å². The van der Waals surface area contributed by atoms with Crippen molar-refractivity contribution in [3.8, 4) is 5.75 Å². The lowest BCUT2D eigenvalue weighted by Crippen LogP contribution is -2.24. The van der Waals surface area contributed by atoms with Gasteiger partial charge in [0.15, 0.2) is 6.61 Å². The molecule has 2 amide bonds. The van der Waals surface area contributed by atoms with E-state index < -0.39 is 0 Å². The minimum Gasteiger partial charge on any atom is -0.482 e. The maximum Gasteiger partial charge on any atom is 0.263 e. The monoisotopic (exact) mass is 328 g/mol. The first-order valence-electron chi connectivity index (χ1n) is 7.95. The van der Waals surface area contributed by atoms with Crippen molar-refractivity contribution in [1.29, 1.82) is 0 Å². The molecule has 0 spiro atoms. The molecule has 0 saturated heterocycles. The second-order valence-corrected chi connectivity index (χ2v) is 5.66. The number of carbonyl (C=O) groups is 2. The largest absolute Gasteiger partial charge is 0.482 e. The molecule has 0 aliphatic carbocycles. The molecular formula is C17H20N4O3. The summed E-state index contributed by atoms with van der Waals surface area (Å²) in [4.78, 5) is 23.7. The average Bonchev–Trinajstić information content (AvgIpc) is 2.92. The molecule has 0 unspecified atom stereocenters. The molecule has 1 aromatic heterocycles. The van der Waals surface area contributed by atoms with E-state index in [1.165, 1.54) is 0 Å². The fourth-order valence-electron chi connectivity index (χ4n) is 2.71. The van der Waals surface area contributed by atoms with Crippen LogP contribution >= 0.6 is 0 Å². The number of amides is 2. The predicted molar refractivity (Wildman–Crippen MR) is 90.2 cm³/mol. The summed E-state index contributed by atoms with van der Waals surface area (Å²) in [6.07, 6.45) is 1.15. The maximum atomic E-state index is 12.1. The third-order valence-electron chi connectivity index (χ3n) is 3.83. The number of rotatable bonds is 5. The summed E-state index contributed by atoms with van der Waals surface area (Å²) in [7, 11) is 0. The Kier molecular flexibility index (Phi) is 4.50. The van der Waals surface area contributed by atoms with Gasteiger partial charge in [-0.1, -0.05) is 12.1 Å². The first kappa shape index (κ1) is 16.0. The van der Waals surface area contributed by atoms with Gasteiger partial charge in [-0.15, -0.1) is 0 Å². The molecule has 0 radical (unpaired) electrons. The van der Waals surface area contributed by atoms with E-state index in [2.05, 4.69) is 15.7 Å². The first-order valence-corrected chi connectivity index (χ1v) is 7.95. The lowest BCUT2D eigenvalue weighted by molar-refractivity contribution is -0.118. The van der Waals surface area contributed by atoms with Gasteiger partial charge in [-0.2, -0.15) is 5.10 Å². The fraction of sp³-hybridized carbons (Fsp3) is 0.353. The van der Waals surface area contributed by atoms with Crippen molar-refractivity contribution >= 4 is 23.3 Å². The van der Waals surface area contributed by atoms with Crippen LogP contribution in [0.15, 0.2) is 24.3 Å². The maximum absolute atomic E-state index is 12.1. The number of aryl methyl sites for hydroxylation is 3. The summed E-state index contributed by atoms with van der Waals surface area (Å²) < 4.78 is 7.33. The molecule has 1 aliphatic heterocycles. The highest BCUT2D eigenvalue weighted by molar-refractivity contribution is 5.96. The summed E-state index contributed by atoms with van der Waals surface area (Å²) in [6.45, 7) is 4.36. The zero-order valence-electron chi connectivity index (χ0n) is 13.8. The van der Waals surface area contributed by atoms with Crippen LogP contribution in [0.4, 0.5) is 11.5 Å². The summed E-state index contributed by atoms with van der Waals surface area (Å²) in [5, 5.41) is 9.88. The van der Waals surface area contributed by atoms with Gasteiger partial charge >= 0.3 is 0 Å². The van der Waals surface area contributed by atoms with Crippen LogP contribution in [0, 0.1) is 6.92 Å². The third-order valence-corrected chi connectivity index (χ3v) is 3.83. The number of fused-ring (bicyclic) bond motifs is 1. The minimum absolute atomic E-state index is 0.0367. The van der Waals surface area contributed by atoms with Crippen molar-refractivity contribution in [3.05, 3.63) is 35.5 Å². The number of anilines is 2. The average molecular weight is 328 g/mol. The van der Waals surface area contributed by atoms with Crippen LogP contribution in [0.25, 0.3) is 0 Å². The summed E-state index contributed by atoms with van der Waals surface area (Å²) in [5.74, 6) is 0.845. The number of benzene rings is 1. The molecule has 2 heterocycles. The number of nitrogens with one attached hydrogen (secondary N) is 2. The lowest BCUT2D eigenvalue weighted by atomic mass is 10.0. The lowest BCUT2D eigenvalue weighted by Gasteiger charge is -2.20. The van der Waals surface area contributed by atoms with Crippen LogP contribution in [0.2, 0.25) is 0 Å². The van der Waals surface area contributed by atoms with Crippen LogP contribution in [-0.4, -0.2) is 28.2 Å². The van der Waals surface area contributed by atoms with E-state index >= 15 is 0 Å². The van der Waals surface area contributed by atoms with Crippen molar-refractivity contribution in [2.24, 2.45) is 0 Å². The SMILES string of the molecule is CCn1nc(C)cc1NC(=O)COc1cccc2c1NC(=O)CC2. The highest BCUT2D eigenvalue weighted by Gasteiger charge is 2.19. The van der Waals surface area contributed by atoms with Gasteiger partial charge in [0.05, 0.1) is 11.4 Å². The fourth-order valence-corrected chi connectivity index (χ4v) is 2.71. The van der Waals surface area contributed by atoms with E-state index in [4.69, 9.17) is 4.74 Å². The number of para-hydroxylation sites is 1. The van der Waals surface area contributed by atoms with Crippen LogP contribution in [0.5, 0.6) is 5.75 Å². The molecule has 7 nitrogen and oxygen atoms in total. The molecule has 2 N–H and O–H groups in total. The standard InChI is InChI=1S/C17H20N4O3/c1-3-21-14(9-11(2)20-21)18-16(23)10-24-13-6-4-5-12-7-8-15(22)19-17(12)13/h4-6,9H,3,7-8,10H2,1-2H3,(H,18,23)(H,19,22). The minimum atomic E-state index is -0.274. The highest BCUT2D eigenvalue weighted by Crippen LogP contribution is 2.32. The molecule has 2 aromatic rings. The van der Waals surface area contributed by atoms with Crippen LogP contribution < -0.4 is 15.4 Å². The second-order valence-electron chi connectivity index (χ2n) is 5.66. The van der Waals surface area contributed by atoms with Crippen molar-refractivity contribution in [1.82, 2.24) is 9.78 Å². The molecule has 0 fully saturated rings. The van der Waals surface area contributed by atoms with Gasteiger partial charge in [-0.25, -0.2) is 4.68 Å². The van der Waals surface area contributed by atoms with Gasteiger partial charge in [0.2, 0.25) is 5.91 Å². The zero-order chi connectivity index (χ0) is 17.1. The van der Waals surface area contributed by atoms with E-state index in [0.717, 1.165) is 11.3 Å². The molecular weight excluding hydrogens is 308 g/mol. The Bertz CT molecular complexity index is 782. The third kappa shape index (κ3) is 3.40. The number of hydrogen-bond donors (Lipinski definition) is 2. The second kappa shape index (κ2) is 6.74. The number of carbonyl (C=O) groups excluding carboxylic acids is 2. The van der Waals surface area contributed by atoms with Crippen molar-refractivity contribution in [2.45, 2.75) is 33.2 Å². The van der Waals surface area contributed by atoms with E-state index in [1.807, 2.05) is 32.0 Å². The Balaban J connectivity index is 1.66.